The first-order valence-electron chi connectivity index (χ1n) is 8.87. The number of thiazole rings is 1. The molecule has 6 nitrogen and oxygen atoms in total. The SMILES string of the molecule is Cc1ccc(Cn2c(-c3csc(-c4cc(C)on4)n3)cc(C(N)=O)c2C)cc1. The maximum Gasteiger partial charge on any atom is 0.250 e. The number of amides is 1. The zero-order valence-corrected chi connectivity index (χ0v) is 16.7. The van der Waals surface area contributed by atoms with Crippen LogP contribution < -0.4 is 5.73 Å². The van der Waals surface area contributed by atoms with E-state index in [1.54, 1.807) is 0 Å². The Balaban J connectivity index is 1.77. The van der Waals surface area contributed by atoms with Crippen LogP contribution in [-0.4, -0.2) is 20.6 Å². The normalized spacial score (nSPS) is 11.1. The van der Waals surface area contributed by atoms with Crippen LogP contribution in [0, 0.1) is 20.8 Å². The molecule has 3 aromatic heterocycles. The van der Waals surface area contributed by atoms with Crippen molar-refractivity contribution < 1.29 is 9.32 Å². The highest BCUT2D eigenvalue weighted by molar-refractivity contribution is 7.13. The van der Waals surface area contributed by atoms with E-state index in [0.29, 0.717) is 17.8 Å². The molecule has 0 atom stereocenters. The Hall–Kier alpha value is -3.19. The number of nitrogens with two attached hydrogens (primary N) is 1. The highest BCUT2D eigenvalue weighted by Crippen LogP contribution is 2.31. The first-order chi connectivity index (χ1) is 13.4. The molecule has 0 aliphatic carbocycles. The minimum Gasteiger partial charge on any atom is -0.366 e. The Kier molecular flexibility index (Phi) is 4.60. The number of rotatable bonds is 5. The quantitative estimate of drug-likeness (QED) is 0.547. The van der Waals surface area contributed by atoms with Crippen molar-refractivity contribution >= 4 is 17.2 Å². The molecule has 0 radical (unpaired) electrons. The summed E-state index contributed by atoms with van der Waals surface area (Å²) in [5.74, 6) is 0.297. The van der Waals surface area contributed by atoms with Crippen LogP contribution in [-0.2, 0) is 6.54 Å². The predicted octanol–water partition coefficient (Wildman–Crippen LogP) is 4.34. The molecule has 7 heteroatoms. The van der Waals surface area contributed by atoms with Crippen LogP contribution in [0.3, 0.4) is 0 Å². The van der Waals surface area contributed by atoms with Crippen LogP contribution in [0.1, 0.15) is 32.9 Å². The predicted molar refractivity (Wildman–Crippen MR) is 109 cm³/mol. The van der Waals surface area contributed by atoms with E-state index in [2.05, 4.69) is 40.9 Å². The van der Waals surface area contributed by atoms with Gasteiger partial charge in [0.15, 0.2) is 0 Å². The highest BCUT2D eigenvalue weighted by Gasteiger charge is 2.19. The molecule has 4 rings (SSSR count). The molecule has 4 aromatic rings. The van der Waals surface area contributed by atoms with Crippen LogP contribution in [0.5, 0.6) is 0 Å². The fraction of sp³-hybridized carbons (Fsp3) is 0.190. The lowest BCUT2D eigenvalue weighted by atomic mass is 10.1. The second-order valence-corrected chi connectivity index (χ2v) is 7.68. The summed E-state index contributed by atoms with van der Waals surface area (Å²) in [4.78, 5) is 16.6. The second kappa shape index (κ2) is 7.09. The Morgan fingerprint density at radius 2 is 1.89 bits per heavy atom. The molecule has 0 spiro atoms. The van der Waals surface area contributed by atoms with Crippen LogP contribution in [0.2, 0.25) is 0 Å². The largest absolute Gasteiger partial charge is 0.366 e. The molecule has 3 heterocycles. The van der Waals surface area contributed by atoms with Gasteiger partial charge in [0, 0.05) is 23.7 Å². The molecule has 1 aromatic carbocycles. The number of carbonyl (C=O) groups is 1. The molecule has 2 N–H and O–H groups in total. The summed E-state index contributed by atoms with van der Waals surface area (Å²) in [6, 6.07) is 12.0. The first-order valence-corrected chi connectivity index (χ1v) is 9.75. The molecule has 28 heavy (non-hydrogen) atoms. The minimum atomic E-state index is -0.441. The Morgan fingerprint density at radius 1 is 1.14 bits per heavy atom. The van der Waals surface area contributed by atoms with Crippen LogP contribution in [0.25, 0.3) is 22.1 Å². The summed E-state index contributed by atoms with van der Waals surface area (Å²) < 4.78 is 7.23. The summed E-state index contributed by atoms with van der Waals surface area (Å²) >= 11 is 1.49. The average Bonchev–Trinajstić information content (AvgIpc) is 3.37. The van der Waals surface area contributed by atoms with Gasteiger partial charge in [-0.3, -0.25) is 4.79 Å². The Labute approximate surface area is 166 Å². The van der Waals surface area contributed by atoms with Crippen molar-refractivity contribution in [2.24, 2.45) is 5.73 Å². The monoisotopic (exact) mass is 392 g/mol. The number of hydrogen-bond donors (Lipinski definition) is 1. The van der Waals surface area contributed by atoms with E-state index in [4.69, 9.17) is 15.2 Å². The molecule has 0 aliphatic rings. The molecule has 0 fully saturated rings. The first kappa shape index (κ1) is 18.2. The maximum absolute atomic E-state index is 11.9. The van der Waals surface area contributed by atoms with Crippen molar-refractivity contribution in [1.82, 2.24) is 14.7 Å². The molecular weight excluding hydrogens is 372 g/mol. The fourth-order valence-corrected chi connectivity index (χ4v) is 3.93. The third kappa shape index (κ3) is 3.36. The van der Waals surface area contributed by atoms with Crippen molar-refractivity contribution in [2.45, 2.75) is 27.3 Å². The average molecular weight is 392 g/mol. The van der Waals surface area contributed by atoms with Gasteiger partial charge in [-0.1, -0.05) is 35.0 Å². The summed E-state index contributed by atoms with van der Waals surface area (Å²) in [7, 11) is 0. The Bertz CT molecular complexity index is 1150. The standard InChI is InChI=1S/C21H20N4O2S/c1-12-4-6-15(7-5-12)10-25-14(3)16(20(22)26)9-19(25)18-11-28-21(23-18)17-8-13(2)27-24-17/h4-9,11H,10H2,1-3H3,(H2,22,26). The van der Waals surface area contributed by atoms with Crippen molar-refractivity contribution in [3.8, 4) is 22.1 Å². The second-order valence-electron chi connectivity index (χ2n) is 6.83. The topological polar surface area (TPSA) is 86.9 Å². The van der Waals surface area contributed by atoms with Gasteiger partial charge >= 0.3 is 0 Å². The van der Waals surface area contributed by atoms with Gasteiger partial charge in [0.05, 0.1) is 17.0 Å². The molecule has 1 amide bonds. The van der Waals surface area contributed by atoms with Crippen molar-refractivity contribution in [3.05, 3.63) is 69.9 Å². The van der Waals surface area contributed by atoms with E-state index in [0.717, 1.165) is 33.4 Å². The Morgan fingerprint density at radius 3 is 2.54 bits per heavy atom. The summed E-state index contributed by atoms with van der Waals surface area (Å²) in [5, 5.41) is 6.77. The zero-order chi connectivity index (χ0) is 19.8. The van der Waals surface area contributed by atoms with Gasteiger partial charge in [-0.05, 0) is 32.4 Å². The van der Waals surface area contributed by atoms with Gasteiger partial charge in [0.2, 0.25) is 0 Å². The smallest absolute Gasteiger partial charge is 0.250 e. The molecule has 142 valence electrons. The molecule has 0 unspecified atom stereocenters. The minimum absolute atomic E-state index is 0.441. The highest BCUT2D eigenvalue weighted by atomic mass is 32.1. The fourth-order valence-electron chi connectivity index (χ4n) is 3.16. The number of nitrogens with zero attached hydrogens (tertiary/aromatic N) is 3. The molecule has 0 bridgehead atoms. The molecule has 0 saturated carbocycles. The summed E-state index contributed by atoms with van der Waals surface area (Å²) in [6.45, 7) is 6.45. The lowest BCUT2D eigenvalue weighted by Crippen LogP contribution is -2.12. The van der Waals surface area contributed by atoms with E-state index in [-0.39, 0.29) is 0 Å². The van der Waals surface area contributed by atoms with E-state index >= 15 is 0 Å². The number of benzene rings is 1. The molecule has 0 saturated heterocycles. The van der Waals surface area contributed by atoms with Crippen LogP contribution in [0.15, 0.2) is 46.3 Å². The van der Waals surface area contributed by atoms with Gasteiger partial charge < -0.3 is 14.8 Å². The van der Waals surface area contributed by atoms with Crippen LogP contribution in [0.4, 0.5) is 0 Å². The lowest BCUT2D eigenvalue weighted by molar-refractivity contribution is 0.0999. The number of primary amides is 1. The van der Waals surface area contributed by atoms with E-state index in [1.165, 1.54) is 16.9 Å². The van der Waals surface area contributed by atoms with Crippen molar-refractivity contribution in [3.63, 3.8) is 0 Å². The van der Waals surface area contributed by atoms with Gasteiger partial charge in [0.25, 0.3) is 5.91 Å². The number of aromatic nitrogens is 3. The van der Waals surface area contributed by atoms with E-state index in [9.17, 15) is 4.79 Å². The number of hydrogen-bond acceptors (Lipinski definition) is 5. The molecular formula is C21H20N4O2S. The third-order valence-electron chi connectivity index (χ3n) is 4.71. The third-order valence-corrected chi connectivity index (χ3v) is 5.57. The zero-order valence-electron chi connectivity index (χ0n) is 15.9. The van der Waals surface area contributed by atoms with E-state index in [1.807, 2.05) is 31.4 Å². The lowest BCUT2D eigenvalue weighted by Gasteiger charge is -2.11. The van der Waals surface area contributed by atoms with Crippen LogP contribution >= 0.6 is 11.3 Å². The van der Waals surface area contributed by atoms with Gasteiger partial charge in [-0.2, -0.15) is 0 Å². The molecule has 0 aliphatic heterocycles. The van der Waals surface area contributed by atoms with E-state index < -0.39 is 5.91 Å². The van der Waals surface area contributed by atoms with Gasteiger partial charge in [-0.25, -0.2) is 4.98 Å². The maximum atomic E-state index is 11.9. The summed E-state index contributed by atoms with van der Waals surface area (Å²) in [5.41, 5.74) is 11.6. The number of carbonyl (C=O) groups excluding carboxylic acids is 1. The van der Waals surface area contributed by atoms with Crippen molar-refractivity contribution in [1.29, 1.82) is 0 Å². The van der Waals surface area contributed by atoms with Gasteiger partial charge in [0.1, 0.15) is 16.5 Å². The summed E-state index contributed by atoms with van der Waals surface area (Å²) in [6.07, 6.45) is 0. The number of aryl methyl sites for hydroxylation is 2. The van der Waals surface area contributed by atoms with Gasteiger partial charge in [-0.15, -0.1) is 11.3 Å². The van der Waals surface area contributed by atoms with Crippen molar-refractivity contribution in [2.75, 3.05) is 0 Å².